The number of ether oxygens (including phenoxy) is 2. The number of carboxylic acids is 1. The number of amides is 1. The van der Waals surface area contributed by atoms with E-state index in [1.54, 1.807) is 0 Å². The Morgan fingerprint density at radius 2 is 1.31 bits per heavy atom. The van der Waals surface area contributed by atoms with Crippen LogP contribution in [0.1, 0.15) is 93.6 Å². The summed E-state index contributed by atoms with van der Waals surface area (Å²) in [7, 11) is 2.63. The van der Waals surface area contributed by atoms with Crippen LogP contribution in [0.15, 0.2) is 36.4 Å². The highest BCUT2D eigenvalue weighted by Crippen LogP contribution is 2.07. The highest BCUT2D eigenvalue weighted by atomic mass is 19.1. The topological polar surface area (TPSA) is 171 Å². The summed E-state index contributed by atoms with van der Waals surface area (Å²) in [4.78, 5) is 51.0. The van der Waals surface area contributed by atoms with Crippen LogP contribution in [0, 0.1) is 11.9 Å². The number of nitrogens with two attached hydrogens (primary N) is 1. The van der Waals surface area contributed by atoms with Gasteiger partial charge in [-0.1, -0.05) is 71.9 Å². The Hall–Kier alpha value is -4.00. The van der Waals surface area contributed by atoms with E-state index in [-0.39, 0.29) is 24.8 Å². The highest BCUT2D eigenvalue weighted by Gasteiger charge is 2.22. The zero-order valence-electron chi connectivity index (χ0n) is 23.9. The first-order valence-electron chi connectivity index (χ1n) is 13.2. The van der Waals surface area contributed by atoms with E-state index in [1.807, 2.05) is 6.92 Å². The average Bonchev–Trinajstić information content (AvgIpc) is 2.96. The number of aromatic carboxylic acids is 1. The average molecular weight is 599 g/mol. The van der Waals surface area contributed by atoms with Crippen LogP contribution in [-0.2, 0) is 19.1 Å². The number of carbonyl (C=O) groups is 4. The van der Waals surface area contributed by atoms with Crippen molar-refractivity contribution in [3.63, 3.8) is 0 Å². The number of aromatic nitrogens is 2. The lowest BCUT2D eigenvalue weighted by Crippen LogP contribution is -2.41. The molecule has 0 spiro atoms. The summed E-state index contributed by atoms with van der Waals surface area (Å²) in [6.07, 6.45) is 7.27. The van der Waals surface area contributed by atoms with Gasteiger partial charge < -0.3 is 25.6 Å². The van der Waals surface area contributed by atoms with E-state index < -0.39 is 41.8 Å². The lowest BCUT2D eigenvalue weighted by Gasteiger charge is -2.16. The first kappa shape index (κ1) is 40.1. The van der Waals surface area contributed by atoms with Crippen LogP contribution in [0.25, 0.3) is 0 Å². The minimum absolute atomic E-state index is 0. The molecule has 4 N–H and O–H groups in total. The third-order valence-electron chi connectivity index (χ3n) is 5.39. The number of halogens is 2. The van der Waals surface area contributed by atoms with Crippen LogP contribution < -0.4 is 11.1 Å². The molecule has 236 valence electrons. The van der Waals surface area contributed by atoms with Crippen LogP contribution in [-0.4, -0.2) is 65.2 Å². The van der Waals surface area contributed by atoms with Gasteiger partial charge in [0.1, 0.15) is 17.8 Å². The van der Waals surface area contributed by atoms with Gasteiger partial charge in [-0.3, -0.25) is 9.59 Å². The van der Waals surface area contributed by atoms with Gasteiger partial charge in [0.05, 0.1) is 14.2 Å². The molecule has 2 aromatic heterocycles. The summed E-state index contributed by atoms with van der Waals surface area (Å²) in [5, 5.41) is 10.8. The number of unbranched alkanes of at least 4 members (excludes halogenated alkanes) is 4. The third-order valence-corrected chi connectivity index (χ3v) is 5.39. The quantitative estimate of drug-likeness (QED) is 0.167. The molecule has 0 aromatic carbocycles. The molecule has 2 rings (SSSR count). The van der Waals surface area contributed by atoms with Crippen molar-refractivity contribution in [2.24, 2.45) is 5.73 Å². The molecular weight excluding hydrogens is 554 g/mol. The van der Waals surface area contributed by atoms with E-state index in [0.717, 1.165) is 57.1 Å². The molecule has 0 radical (unpaired) electrons. The van der Waals surface area contributed by atoms with Crippen LogP contribution in [0.4, 0.5) is 8.78 Å². The van der Waals surface area contributed by atoms with Gasteiger partial charge in [-0.2, -0.15) is 8.78 Å². The largest absolute Gasteiger partial charge is 0.477 e. The zero-order valence-corrected chi connectivity index (χ0v) is 23.9. The van der Waals surface area contributed by atoms with Crippen molar-refractivity contribution >= 4 is 23.8 Å². The van der Waals surface area contributed by atoms with Crippen molar-refractivity contribution in [1.82, 2.24) is 15.3 Å². The number of hydrogen-bond donors (Lipinski definition) is 3. The van der Waals surface area contributed by atoms with Gasteiger partial charge in [-0.25, -0.2) is 19.6 Å². The molecule has 11 nitrogen and oxygen atoms in total. The second-order valence-electron chi connectivity index (χ2n) is 8.67. The fourth-order valence-electron chi connectivity index (χ4n) is 3.17. The van der Waals surface area contributed by atoms with E-state index in [1.165, 1.54) is 38.5 Å². The van der Waals surface area contributed by atoms with Crippen LogP contribution in [0.3, 0.4) is 0 Å². The van der Waals surface area contributed by atoms with E-state index in [2.05, 4.69) is 31.7 Å². The number of esters is 2. The Kier molecular flexibility index (Phi) is 22.6. The number of pyridine rings is 2. The van der Waals surface area contributed by atoms with Gasteiger partial charge in [0.2, 0.25) is 11.9 Å². The maximum Gasteiger partial charge on any atom is 0.354 e. The van der Waals surface area contributed by atoms with Gasteiger partial charge in [-0.15, -0.1) is 0 Å². The fourth-order valence-corrected chi connectivity index (χ4v) is 3.17. The van der Waals surface area contributed by atoms with Crippen LogP contribution >= 0.6 is 0 Å². The number of nitrogens with one attached hydrogen (secondary N) is 1. The number of hydrogen-bond acceptors (Lipinski definition) is 9. The second kappa shape index (κ2) is 23.7. The second-order valence-corrected chi connectivity index (χ2v) is 8.67. The molecule has 0 aliphatic carbocycles. The van der Waals surface area contributed by atoms with E-state index in [4.69, 9.17) is 10.8 Å². The summed E-state index contributed by atoms with van der Waals surface area (Å²) in [5.41, 5.74) is 5.16. The molecule has 2 heterocycles. The molecule has 0 aliphatic heterocycles. The summed E-state index contributed by atoms with van der Waals surface area (Å²) in [5.74, 6) is -4.14. The van der Waals surface area contributed by atoms with Crippen molar-refractivity contribution in [1.29, 1.82) is 0 Å². The number of nitrogens with zero attached hydrogens (tertiary/aromatic N) is 2. The Morgan fingerprint density at radius 3 is 1.74 bits per heavy atom. The summed E-state index contributed by atoms with van der Waals surface area (Å²) >= 11 is 0. The minimum atomic E-state index is -1.22. The first-order valence-corrected chi connectivity index (χ1v) is 13.2. The van der Waals surface area contributed by atoms with E-state index >= 15 is 0 Å². The number of rotatable bonds is 13. The molecule has 0 aliphatic rings. The smallest absolute Gasteiger partial charge is 0.354 e. The fraction of sp³-hybridized carbons (Fsp3) is 0.517. The molecule has 42 heavy (non-hydrogen) atoms. The molecule has 1 amide bonds. The Morgan fingerprint density at radius 1 is 0.833 bits per heavy atom. The predicted molar refractivity (Wildman–Crippen MR) is 154 cm³/mol. The van der Waals surface area contributed by atoms with Crippen LogP contribution in [0.5, 0.6) is 0 Å². The normalized spacial score (nSPS) is 11.1. The predicted octanol–water partition coefficient (Wildman–Crippen LogP) is 4.69. The molecule has 0 bridgehead atoms. The maximum atomic E-state index is 13.0. The molecule has 2 aromatic rings. The van der Waals surface area contributed by atoms with E-state index in [9.17, 15) is 28.0 Å². The molecule has 0 unspecified atom stereocenters. The number of carbonyl (C=O) groups excluding carboxylic acids is 3. The van der Waals surface area contributed by atoms with Crippen molar-refractivity contribution in [2.45, 2.75) is 84.7 Å². The van der Waals surface area contributed by atoms with Gasteiger partial charge >= 0.3 is 17.9 Å². The molecule has 2 atom stereocenters. The molecule has 0 saturated heterocycles. The van der Waals surface area contributed by atoms with E-state index in [0.29, 0.717) is 6.42 Å². The lowest BCUT2D eigenvalue weighted by molar-refractivity contribution is -0.143. The third kappa shape index (κ3) is 17.6. The van der Waals surface area contributed by atoms with Gasteiger partial charge in [-0.05, 0) is 37.1 Å². The van der Waals surface area contributed by atoms with Crippen LogP contribution in [0.2, 0.25) is 0 Å². The first-order chi connectivity index (χ1) is 19.5. The Balaban J connectivity index is 0. The summed E-state index contributed by atoms with van der Waals surface area (Å²) in [6.45, 7) is 4.16. The van der Waals surface area contributed by atoms with Gasteiger partial charge in [0.25, 0.3) is 5.91 Å². The summed E-state index contributed by atoms with van der Waals surface area (Å²) < 4.78 is 34.2. The number of methoxy groups -OCH3 is 2. The zero-order chi connectivity index (χ0) is 31.2. The molecule has 13 heteroatoms. The van der Waals surface area contributed by atoms with Crippen molar-refractivity contribution in [3.05, 3.63) is 59.7 Å². The lowest BCUT2D eigenvalue weighted by atomic mass is 10.1. The summed E-state index contributed by atoms with van der Waals surface area (Å²) in [6, 6.07) is 6.38. The van der Waals surface area contributed by atoms with Crippen molar-refractivity contribution in [2.75, 3.05) is 14.2 Å². The minimum Gasteiger partial charge on any atom is -0.477 e. The Bertz CT molecular complexity index is 1090. The molecule has 0 fully saturated rings. The number of carboxylic acid groups (broad SMARTS) is 1. The molecule has 0 saturated carbocycles. The van der Waals surface area contributed by atoms with Gasteiger partial charge in [0, 0.05) is 0 Å². The highest BCUT2D eigenvalue weighted by molar-refractivity contribution is 5.95. The SMILES string of the molecule is C.CCCCC[C@H](N)C(=O)OC.CCCCC[C@H](NC(=O)c1cccc(F)n1)C(=O)OC.O=C(O)c1cccc(F)n1. The van der Waals surface area contributed by atoms with Gasteiger partial charge in [0.15, 0.2) is 5.69 Å². The van der Waals surface area contributed by atoms with Crippen molar-refractivity contribution < 1.29 is 42.5 Å². The Labute approximate surface area is 246 Å². The standard InChI is InChI=1S/C14H19FN2O3.C8H17NO2.C6H4FNO2.CH4/c1-3-4-5-7-11(14(19)20-2)17-13(18)10-8-6-9-12(15)16-10;1-3-4-5-6-7(9)8(10)11-2;7-5-3-1-2-4(8-5)6(9)10;/h6,8-9,11H,3-5,7H2,1-2H3,(H,17,18);7H,3-6,9H2,1-2H3;1-3H,(H,9,10);1H4/t11-;7-;;/m00../s1. The maximum absolute atomic E-state index is 13.0. The van der Waals surface area contributed by atoms with Crippen molar-refractivity contribution in [3.8, 4) is 0 Å². The molecular formula is C29H44F2N4O7. The monoisotopic (exact) mass is 598 g/mol.